The third-order valence-electron chi connectivity index (χ3n) is 2.26. The van der Waals surface area contributed by atoms with Crippen molar-refractivity contribution in [3.8, 4) is 0 Å². The summed E-state index contributed by atoms with van der Waals surface area (Å²) in [5, 5.41) is 0. The SMILES string of the molecule is COCCCN(C)C(=O)c1cc(C)c(Br)s1. The predicted octanol–water partition coefficient (Wildman–Crippen LogP) is 2.93. The predicted molar refractivity (Wildman–Crippen MR) is 70.2 cm³/mol. The van der Waals surface area contributed by atoms with Gasteiger partial charge in [-0.1, -0.05) is 0 Å². The van der Waals surface area contributed by atoms with Gasteiger partial charge in [-0.25, -0.2) is 0 Å². The van der Waals surface area contributed by atoms with Crippen LogP contribution < -0.4 is 0 Å². The topological polar surface area (TPSA) is 29.5 Å². The van der Waals surface area contributed by atoms with E-state index in [9.17, 15) is 4.79 Å². The molecule has 3 nitrogen and oxygen atoms in total. The Hall–Kier alpha value is -0.390. The second kappa shape index (κ2) is 6.37. The van der Waals surface area contributed by atoms with Crippen LogP contribution in [0.1, 0.15) is 21.7 Å². The Balaban J connectivity index is 2.56. The molecule has 0 N–H and O–H groups in total. The standard InChI is InChI=1S/C11H16BrNO2S/c1-8-7-9(16-10(8)12)11(14)13(2)5-4-6-15-3/h7H,4-6H2,1-3H3. The Kier molecular flexibility index (Phi) is 5.44. The Morgan fingerprint density at radius 2 is 2.31 bits per heavy atom. The normalized spacial score (nSPS) is 10.5. The summed E-state index contributed by atoms with van der Waals surface area (Å²) in [7, 11) is 3.49. The first-order valence-electron chi connectivity index (χ1n) is 5.06. The summed E-state index contributed by atoms with van der Waals surface area (Å²) >= 11 is 4.91. The lowest BCUT2D eigenvalue weighted by Crippen LogP contribution is -2.27. The van der Waals surface area contributed by atoms with Crippen molar-refractivity contribution in [1.82, 2.24) is 4.90 Å². The first-order valence-corrected chi connectivity index (χ1v) is 6.67. The fraction of sp³-hybridized carbons (Fsp3) is 0.545. The van der Waals surface area contributed by atoms with Crippen LogP contribution in [0.3, 0.4) is 0 Å². The van der Waals surface area contributed by atoms with Crippen molar-refractivity contribution >= 4 is 33.2 Å². The molecule has 1 amide bonds. The molecule has 0 bridgehead atoms. The van der Waals surface area contributed by atoms with Gasteiger partial charge in [0.1, 0.15) is 0 Å². The summed E-state index contributed by atoms with van der Waals surface area (Å²) < 4.78 is 5.99. The van der Waals surface area contributed by atoms with E-state index in [1.54, 1.807) is 12.0 Å². The molecule has 0 saturated heterocycles. The largest absolute Gasteiger partial charge is 0.385 e. The van der Waals surface area contributed by atoms with Crippen LogP contribution in [0.4, 0.5) is 0 Å². The number of aryl methyl sites for hydroxylation is 1. The summed E-state index contributed by atoms with van der Waals surface area (Å²) in [6.45, 7) is 3.40. The second-order valence-corrected chi connectivity index (χ2v) is 6.01. The van der Waals surface area contributed by atoms with Crippen LogP contribution in [-0.2, 0) is 4.74 Å². The highest BCUT2D eigenvalue weighted by molar-refractivity contribution is 9.11. The molecule has 0 aliphatic carbocycles. The Morgan fingerprint density at radius 3 is 2.81 bits per heavy atom. The lowest BCUT2D eigenvalue weighted by atomic mass is 10.3. The van der Waals surface area contributed by atoms with Crippen LogP contribution in [0.5, 0.6) is 0 Å². The summed E-state index contributed by atoms with van der Waals surface area (Å²) in [6, 6.07) is 1.92. The highest BCUT2D eigenvalue weighted by atomic mass is 79.9. The fourth-order valence-corrected chi connectivity index (χ4v) is 2.83. The van der Waals surface area contributed by atoms with Gasteiger partial charge in [-0.15, -0.1) is 11.3 Å². The molecule has 5 heteroatoms. The first-order chi connectivity index (χ1) is 7.56. The number of halogens is 1. The minimum absolute atomic E-state index is 0.0786. The molecule has 0 fully saturated rings. The Labute approximate surface area is 109 Å². The van der Waals surface area contributed by atoms with Gasteiger partial charge in [0.15, 0.2) is 0 Å². The number of ether oxygens (including phenoxy) is 1. The number of amides is 1. The number of rotatable bonds is 5. The van der Waals surface area contributed by atoms with Crippen molar-refractivity contribution in [2.75, 3.05) is 27.3 Å². The van der Waals surface area contributed by atoms with Crippen molar-refractivity contribution in [3.05, 3.63) is 20.3 Å². The number of hydrogen-bond donors (Lipinski definition) is 0. The van der Waals surface area contributed by atoms with Gasteiger partial charge in [0, 0.05) is 27.3 Å². The molecule has 0 saturated carbocycles. The molecule has 0 unspecified atom stereocenters. The van der Waals surface area contributed by atoms with Crippen LogP contribution in [0.2, 0.25) is 0 Å². The van der Waals surface area contributed by atoms with E-state index >= 15 is 0 Å². The molecular formula is C11H16BrNO2S. The molecule has 1 heterocycles. The van der Waals surface area contributed by atoms with E-state index in [1.165, 1.54) is 11.3 Å². The van der Waals surface area contributed by atoms with Crippen molar-refractivity contribution in [3.63, 3.8) is 0 Å². The van der Waals surface area contributed by atoms with Crippen LogP contribution in [0, 0.1) is 6.92 Å². The molecule has 1 aromatic heterocycles. The third-order valence-corrected chi connectivity index (χ3v) is 4.38. The molecule has 90 valence electrons. The van der Waals surface area contributed by atoms with E-state index in [-0.39, 0.29) is 5.91 Å². The fourth-order valence-electron chi connectivity index (χ4n) is 1.30. The Morgan fingerprint density at radius 1 is 1.62 bits per heavy atom. The summed E-state index contributed by atoms with van der Waals surface area (Å²) in [5.41, 5.74) is 1.11. The monoisotopic (exact) mass is 305 g/mol. The lowest BCUT2D eigenvalue weighted by Gasteiger charge is -2.15. The molecule has 0 spiro atoms. The van der Waals surface area contributed by atoms with Crippen molar-refractivity contribution in [1.29, 1.82) is 0 Å². The molecule has 1 rings (SSSR count). The van der Waals surface area contributed by atoms with Gasteiger partial charge in [0.2, 0.25) is 0 Å². The zero-order valence-corrected chi connectivity index (χ0v) is 12.2. The molecular weight excluding hydrogens is 290 g/mol. The van der Waals surface area contributed by atoms with E-state index in [0.29, 0.717) is 6.61 Å². The summed E-state index contributed by atoms with van der Waals surface area (Å²) in [6.07, 6.45) is 0.865. The number of nitrogens with zero attached hydrogens (tertiary/aromatic N) is 1. The van der Waals surface area contributed by atoms with E-state index < -0.39 is 0 Å². The van der Waals surface area contributed by atoms with Crippen LogP contribution in [-0.4, -0.2) is 38.1 Å². The number of carbonyl (C=O) groups excluding carboxylic acids is 1. The number of hydrogen-bond acceptors (Lipinski definition) is 3. The van der Waals surface area contributed by atoms with Gasteiger partial charge in [0.05, 0.1) is 8.66 Å². The maximum Gasteiger partial charge on any atom is 0.263 e. The molecule has 0 aliphatic heterocycles. The second-order valence-electron chi connectivity index (χ2n) is 3.64. The number of thiophene rings is 1. The average molecular weight is 306 g/mol. The van der Waals surface area contributed by atoms with Crippen LogP contribution >= 0.6 is 27.3 Å². The van der Waals surface area contributed by atoms with Gasteiger partial charge in [-0.3, -0.25) is 4.79 Å². The number of carbonyl (C=O) groups is 1. The van der Waals surface area contributed by atoms with E-state index in [1.807, 2.05) is 20.0 Å². The third kappa shape index (κ3) is 3.57. The Bertz CT molecular complexity index is 345. The molecule has 16 heavy (non-hydrogen) atoms. The molecule has 0 aromatic carbocycles. The zero-order valence-electron chi connectivity index (χ0n) is 9.75. The van der Waals surface area contributed by atoms with E-state index in [0.717, 1.165) is 27.2 Å². The van der Waals surface area contributed by atoms with Gasteiger partial charge in [-0.05, 0) is 40.9 Å². The van der Waals surface area contributed by atoms with E-state index in [2.05, 4.69) is 15.9 Å². The molecule has 0 radical (unpaired) electrons. The van der Waals surface area contributed by atoms with Crippen LogP contribution in [0.15, 0.2) is 9.85 Å². The van der Waals surface area contributed by atoms with Crippen molar-refractivity contribution < 1.29 is 9.53 Å². The minimum Gasteiger partial charge on any atom is -0.385 e. The van der Waals surface area contributed by atoms with Crippen molar-refractivity contribution in [2.24, 2.45) is 0 Å². The highest BCUT2D eigenvalue weighted by Gasteiger charge is 2.14. The van der Waals surface area contributed by atoms with Gasteiger partial charge < -0.3 is 9.64 Å². The van der Waals surface area contributed by atoms with Gasteiger partial charge in [0.25, 0.3) is 5.91 Å². The molecule has 0 atom stereocenters. The lowest BCUT2D eigenvalue weighted by molar-refractivity contribution is 0.0784. The molecule has 1 aromatic rings. The quantitative estimate of drug-likeness (QED) is 0.783. The number of methoxy groups -OCH3 is 1. The smallest absolute Gasteiger partial charge is 0.263 e. The maximum atomic E-state index is 12.0. The van der Waals surface area contributed by atoms with Gasteiger partial charge in [-0.2, -0.15) is 0 Å². The highest BCUT2D eigenvalue weighted by Crippen LogP contribution is 2.27. The first kappa shape index (κ1) is 13.7. The van der Waals surface area contributed by atoms with E-state index in [4.69, 9.17) is 4.74 Å². The summed E-state index contributed by atoms with van der Waals surface area (Å²) in [5.74, 6) is 0.0786. The minimum atomic E-state index is 0.0786. The van der Waals surface area contributed by atoms with Crippen molar-refractivity contribution in [2.45, 2.75) is 13.3 Å². The molecule has 0 aliphatic rings. The maximum absolute atomic E-state index is 12.0. The zero-order chi connectivity index (χ0) is 12.1. The van der Waals surface area contributed by atoms with Gasteiger partial charge >= 0.3 is 0 Å². The summed E-state index contributed by atoms with van der Waals surface area (Å²) in [4.78, 5) is 14.5. The average Bonchev–Trinajstić information content (AvgIpc) is 2.58. The van der Waals surface area contributed by atoms with Crippen LogP contribution in [0.25, 0.3) is 0 Å².